The van der Waals surface area contributed by atoms with Crippen LogP contribution in [0.15, 0.2) is 12.1 Å². The third kappa shape index (κ3) is 2.69. The molecule has 0 bridgehead atoms. The monoisotopic (exact) mass is 280 g/mol. The van der Waals surface area contributed by atoms with Crippen molar-refractivity contribution in [1.82, 2.24) is 0 Å². The van der Waals surface area contributed by atoms with Gasteiger partial charge in [-0.3, -0.25) is 4.79 Å². The molecule has 0 fully saturated rings. The Bertz CT molecular complexity index is 368. The first-order valence-electron chi connectivity index (χ1n) is 3.79. The number of aliphatic carboxylic acids is 1. The molecule has 0 aliphatic rings. The second-order valence-electron chi connectivity index (χ2n) is 2.74. The summed E-state index contributed by atoms with van der Waals surface area (Å²) in [7, 11) is 0. The summed E-state index contributed by atoms with van der Waals surface area (Å²) in [6.45, 7) is 0. The second kappa shape index (κ2) is 4.75. The van der Waals surface area contributed by atoms with Gasteiger partial charge in [0.1, 0.15) is 5.82 Å². The SMILES string of the molecule is O=C(O)Cc1cc(F)c(Cl)cc1CBr. The lowest BCUT2D eigenvalue weighted by Gasteiger charge is -2.06. The molecule has 0 saturated carbocycles. The van der Waals surface area contributed by atoms with E-state index in [2.05, 4.69) is 15.9 Å². The zero-order chi connectivity index (χ0) is 10.7. The van der Waals surface area contributed by atoms with Gasteiger partial charge in [0.25, 0.3) is 0 Å². The van der Waals surface area contributed by atoms with Gasteiger partial charge in [0.15, 0.2) is 0 Å². The van der Waals surface area contributed by atoms with Crippen LogP contribution < -0.4 is 0 Å². The fourth-order valence-corrected chi connectivity index (χ4v) is 1.79. The maximum Gasteiger partial charge on any atom is 0.307 e. The molecule has 0 aliphatic carbocycles. The fourth-order valence-electron chi connectivity index (χ4n) is 1.08. The van der Waals surface area contributed by atoms with Gasteiger partial charge < -0.3 is 5.11 Å². The number of carboxylic acid groups (broad SMARTS) is 1. The highest BCUT2D eigenvalue weighted by atomic mass is 79.9. The van der Waals surface area contributed by atoms with Crippen LogP contribution in [-0.4, -0.2) is 11.1 Å². The van der Waals surface area contributed by atoms with Crippen LogP contribution >= 0.6 is 27.5 Å². The van der Waals surface area contributed by atoms with Gasteiger partial charge in [-0.25, -0.2) is 4.39 Å². The van der Waals surface area contributed by atoms with Crippen molar-refractivity contribution in [3.63, 3.8) is 0 Å². The van der Waals surface area contributed by atoms with E-state index >= 15 is 0 Å². The molecule has 0 aromatic heterocycles. The van der Waals surface area contributed by atoms with Crippen LogP contribution in [0.5, 0.6) is 0 Å². The molecule has 1 aromatic carbocycles. The van der Waals surface area contributed by atoms with Crippen LogP contribution in [0.3, 0.4) is 0 Å². The molecular formula is C9H7BrClFO2. The number of benzene rings is 1. The van der Waals surface area contributed by atoms with E-state index in [9.17, 15) is 9.18 Å². The first-order chi connectivity index (χ1) is 6.54. The van der Waals surface area contributed by atoms with Gasteiger partial charge in [0, 0.05) is 5.33 Å². The van der Waals surface area contributed by atoms with E-state index in [-0.39, 0.29) is 11.4 Å². The quantitative estimate of drug-likeness (QED) is 0.865. The van der Waals surface area contributed by atoms with Crippen molar-refractivity contribution in [2.75, 3.05) is 0 Å². The lowest BCUT2D eigenvalue weighted by Crippen LogP contribution is -2.03. The molecule has 0 unspecified atom stereocenters. The molecule has 0 amide bonds. The lowest BCUT2D eigenvalue weighted by molar-refractivity contribution is -0.136. The molecule has 5 heteroatoms. The minimum absolute atomic E-state index is 0.00795. The van der Waals surface area contributed by atoms with Gasteiger partial charge in [-0.1, -0.05) is 27.5 Å². The molecule has 0 heterocycles. The number of alkyl halides is 1. The summed E-state index contributed by atoms with van der Waals surface area (Å²) in [4.78, 5) is 10.5. The highest BCUT2D eigenvalue weighted by Crippen LogP contribution is 2.22. The highest BCUT2D eigenvalue weighted by Gasteiger charge is 2.10. The van der Waals surface area contributed by atoms with Crippen LogP contribution in [0, 0.1) is 5.82 Å². The zero-order valence-electron chi connectivity index (χ0n) is 7.06. The van der Waals surface area contributed by atoms with E-state index < -0.39 is 11.8 Å². The van der Waals surface area contributed by atoms with E-state index in [1.54, 1.807) is 0 Å². The normalized spacial score (nSPS) is 10.2. The number of halogens is 3. The minimum atomic E-state index is -0.992. The van der Waals surface area contributed by atoms with Gasteiger partial charge in [-0.05, 0) is 23.3 Å². The van der Waals surface area contributed by atoms with Crippen molar-refractivity contribution < 1.29 is 14.3 Å². The smallest absolute Gasteiger partial charge is 0.307 e. The number of hydrogen-bond acceptors (Lipinski definition) is 1. The summed E-state index contributed by atoms with van der Waals surface area (Å²) in [5, 5.41) is 9.04. The Hall–Kier alpha value is -0.610. The Labute approximate surface area is 93.8 Å². The van der Waals surface area contributed by atoms with E-state index in [1.165, 1.54) is 6.07 Å². The molecule has 2 nitrogen and oxygen atoms in total. The molecule has 14 heavy (non-hydrogen) atoms. The predicted molar refractivity (Wildman–Crippen MR) is 55.4 cm³/mol. The maximum atomic E-state index is 13.0. The van der Waals surface area contributed by atoms with Crippen molar-refractivity contribution in [2.24, 2.45) is 0 Å². The molecule has 0 atom stereocenters. The van der Waals surface area contributed by atoms with Crippen molar-refractivity contribution in [2.45, 2.75) is 11.8 Å². The molecule has 1 aromatic rings. The molecule has 0 radical (unpaired) electrons. The van der Waals surface area contributed by atoms with Gasteiger partial charge in [-0.15, -0.1) is 0 Å². The van der Waals surface area contributed by atoms with E-state index in [0.29, 0.717) is 16.5 Å². The zero-order valence-corrected chi connectivity index (χ0v) is 9.40. The number of carbonyl (C=O) groups is 1. The van der Waals surface area contributed by atoms with Crippen molar-refractivity contribution in [1.29, 1.82) is 0 Å². The van der Waals surface area contributed by atoms with Crippen LogP contribution in [0.1, 0.15) is 11.1 Å². The summed E-state index contributed by atoms with van der Waals surface area (Å²) >= 11 is 8.74. The molecule has 0 aliphatic heterocycles. The largest absolute Gasteiger partial charge is 0.481 e. The van der Waals surface area contributed by atoms with Gasteiger partial charge >= 0.3 is 5.97 Å². The summed E-state index contributed by atoms with van der Waals surface area (Å²) < 4.78 is 13.0. The van der Waals surface area contributed by atoms with E-state index in [4.69, 9.17) is 16.7 Å². The fraction of sp³-hybridized carbons (Fsp3) is 0.222. The van der Waals surface area contributed by atoms with Gasteiger partial charge in [0.05, 0.1) is 11.4 Å². The van der Waals surface area contributed by atoms with Crippen LogP contribution in [0.4, 0.5) is 4.39 Å². The highest BCUT2D eigenvalue weighted by molar-refractivity contribution is 9.08. The standard InChI is InChI=1S/C9H7BrClFO2/c10-4-6-1-7(11)8(12)2-5(6)3-9(13)14/h1-2H,3-4H2,(H,13,14). The minimum Gasteiger partial charge on any atom is -0.481 e. The summed E-state index contributed by atoms with van der Waals surface area (Å²) in [5.41, 5.74) is 1.13. The van der Waals surface area contributed by atoms with Crippen molar-refractivity contribution in [3.8, 4) is 0 Å². The summed E-state index contributed by atoms with van der Waals surface area (Å²) in [6, 6.07) is 2.59. The Kier molecular flexibility index (Phi) is 3.89. The average molecular weight is 282 g/mol. The Balaban J connectivity index is 3.13. The molecule has 1 rings (SSSR count). The van der Waals surface area contributed by atoms with E-state index in [1.807, 2.05) is 0 Å². The molecule has 76 valence electrons. The van der Waals surface area contributed by atoms with Crippen LogP contribution in [-0.2, 0) is 16.5 Å². The summed E-state index contributed by atoms with van der Waals surface area (Å²) in [5.74, 6) is -1.58. The molecule has 0 spiro atoms. The van der Waals surface area contributed by atoms with Crippen molar-refractivity contribution >= 4 is 33.5 Å². The van der Waals surface area contributed by atoms with E-state index in [0.717, 1.165) is 6.07 Å². The topological polar surface area (TPSA) is 37.3 Å². The molecule has 0 saturated heterocycles. The van der Waals surface area contributed by atoms with Crippen LogP contribution in [0.25, 0.3) is 0 Å². The Morgan fingerprint density at radius 3 is 2.64 bits per heavy atom. The van der Waals surface area contributed by atoms with Crippen molar-refractivity contribution in [3.05, 3.63) is 34.1 Å². The Morgan fingerprint density at radius 1 is 1.50 bits per heavy atom. The maximum absolute atomic E-state index is 13.0. The number of carboxylic acids is 1. The third-order valence-corrected chi connectivity index (χ3v) is 2.62. The first kappa shape index (κ1) is 11.5. The van der Waals surface area contributed by atoms with Crippen LogP contribution in [0.2, 0.25) is 5.02 Å². The lowest BCUT2D eigenvalue weighted by atomic mass is 10.1. The predicted octanol–water partition coefficient (Wildman–Crippen LogP) is 3.00. The summed E-state index contributed by atoms with van der Waals surface area (Å²) in [6.07, 6.45) is -0.199. The van der Waals surface area contributed by atoms with Gasteiger partial charge in [0.2, 0.25) is 0 Å². The molecular weight excluding hydrogens is 274 g/mol. The molecule has 1 N–H and O–H groups in total. The third-order valence-electron chi connectivity index (χ3n) is 1.73. The second-order valence-corrected chi connectivity index (χ2v) is 3.71. The first-order valence-corrected chi connectivity index (χ1v) is 5.29. The number of rotatable bonds is 3. The average Bonchev–Trinajstić information content (AvgIpc) is 2.10. The Morgan fingerprint density at radius 2 is 2.14 bits per heavy atom. The number of hydrogen-bond donors (Lipinski definition) is 1. The van der Waals surface area contributed by atoms with Gasteiger partial charge in [-0.2, -0.15) is 0 Å².